The summed E-state index contributed by atoms with van der Waals surface area (Å²) in [7, 11) is 1.75. The maximum absolute atomic E-state index is 12.1. The number of carbonyl (C=O) groups is 2. The first-order valence-corrected chi connectivity index (χ1v) is 6.84. The van der Waals surface area contributed by atoms with E-state index in [-0.39, 0.29) is 24.0 Å². The van der Waals surface area contributed by atoms with Crippen molar-refractivity contribution < 1.29 is 14.7 Å². The van der Waals surface area contributed by atoms with Crippen molar-refractivity contribution in [1.29, 1.82) is 0 Å². The highest BCUT2D eigenvalue weighted by atomic mass is 16.4. The zero-order valence-corrected chi connectivity index (χ0v) is 12.6. The molecule has 1 aliphatic carbocycles. The molecule has 0 aromatic carbocycles. The minimum atomic E-state index is -0.800. The first kappa shape index (κ1) is 15.8. The van der Waals surface area contributed by atoms with Gasteiger partial charge in [-0.3, -0.25) is 4.79 Å². The fraction of sp³-hybridized carbons (Fsp3) is 0.857. The summed E-state index contributed by atoms with van der Waals surface area (Å²) in [6, 6.07) is -0.121. The van der Waals surface area contributed by atoms with E-state index in [4.69, 9.17) is 0 Å². The molecule has 1 fully saturated rings. The van der Waals surface area contributed by atoms with Gasteiger partial charge in [-0.15, -0.1) is 0 Å². The molecule has 2 N–H and O–H groups in total. The van der Waals surface area contributed by atoms with Crippen LogP contribution in [0.3, 0.4) is 0 Å². The summed E-state index contributed by atoms with van der Waals surface area (Å²) in [5, 5.41) is 12.0. The summed E-state index contributed by atoms with van der Waals surface area (Å²) in [4.78, 5) is 24.9. The van der Waals surface area contributed by atoms with Gasteiger partial charge in [-0.05, 0) is 25.2 Å². The Morgan fingerprint density at radius 3 is 2.21 bits per heavy atom. The van der Waals surface area contributed by atoms with Crippen molar-refractivity contribution in [2.24, 2.45) is 10.8 Å². The second kappa shape index (κ2) is 5.39. The smallest absolute Gasteiger partial charge is 0.317 e. The maximum atomic E-state index is 12.1. The Morgan fingerprint density at radius 2 is 1.89 bits per heavy atom. The van der Waals surface area contributed by atoms with Gasteiger partial charge in [0.05, 0.1) is 5.41 Å². The molecule has 0 aromatic rings. The standard InChI is InChI=1S/C14H26N2O3/c1-10(13(2,3)4)16(5)12(19)15-9-14(11(17)18)7-6-8-14/h10H,6-9H2,1-5H3,(H,15,19)(H,17,18). The average molecular weight is 270 g/mol. The lowest BCUT2D eigenvalue weighted by molar-refractivity contribution is -0.153. The van der Waals surface area contributed by atoms with Crippen LogP contribution in [0.5, 0.6) is 0 Å². The fourth-order valence-electron chi connectivity index (χ4n) is 2.20. The van der Waals surface area contributed by atoms with Crippen LogP contribution in [-0.2, 0) is 4.79 Å². The molecule has 0 heterocycles. The molecular formula is C14H26N2O3. The Balaban J connectivity index is 2.54. The Bertz CT molecular complexity index is 356. The Morgan fingerprint density at radius 1 is 1.37 bits per heavy atom. The largest absolute Gasteiger partial charge is 0.481 e. The molecule has 0 spiro atoms. The molecule has 1 aliphatic rings. The summed E-state index contributed by atoms with van der Waals surface area (Å²) in [6.45, 7) is 8.45. The van der Waals surface area contributed by atoms with Crippen LogP contribution in [0.2, 0.25) is 0 Å². The first-order chi connectivity index (χ1) is 8.60. The van der Waals surface area contributed by atoms with E-state index >= 15 is 0 Å². The van der Waals surface area contributed by atoms with Crippen LogP contribution in [-0.4, -0.2) is 41.6 Å². The second-order valence-corrected chi connectivity index (χ2v) is 6.75. The molecule has 5 heteroatoms. The van der Waals surface area contributed by atoms with Gasteiger partial charge in [0, 0.05) is 19.6 Å². The molecule has 0 radical (unpaired) electrons. The van der Waals surface area contributed by atoms with Gasteiger partial charge in [0.2, 0.25) is 0 Å². The third-order valence-electron chi connectivity index (χ3n) is 4.50. The van der Waals surface area contributed by atoms with E-state index in [0.29, 0.717) is 12.8 Å². The van der Waals surface area contributed by atoms with Crippen LogP contribution in [0.15, 0.2) is 0 Å². The summed E-state index contributed by atoms with van der Waals surface area (Å²) < 4.78 is 0. The monoisotopic (exact) mass is 270 g/mol. The normalized spacial score (nSPS) is 19.2. The minimum Gasteiger partial charge on any atom is -0.481 e. The number of carboxylic acids is 1. The van der Waals surface area contributed by atoms with Crippen molar-refractivity contribution in [1.82, 2.24) is 10.2 Å². The van der Waals surface area contributed by atoms with Crippen molar-refractivity contribution >= 4 is 12.0 Å². The van der Waals surface area contributed by atoms with Crippen LogP contribution >= 0.6 is 0 Å². The van der Waals surface area contributed by atoms with Crippen LogP contribution < -0.4 is 5.32 Å². The van der Waals surface area contributed by atoms with Crippen molar-refractivity contribution in [3.8, 4) is 0 Å². The lowest BCUT2D eigenvalue weighted by atomic mass is 9.69. The summed E-state index contributed by atoms with van der Waals surface area (Å²) in [5.41, 5.74) is -0.742. The van der Waals surface area contributed by atoms with Crippen LogP contribution in [0.1, 0.15) is 47.0 Å². The lowest BCUT2D eigenvalue weighted by Crippen LogP contribution is -2.53. The van der Waals surface area contributed by atoms with Gasteiger partial charge in [0.1, 0.15) is 0 Å². The third kappa shape index (κ3) is 3.39. The van der Waals surface area contributed by atoms with Crippen molar-refractivity contribution in [3.05, 3.63) is 0 Å². The maximum Gasteiger partial charge on any atom is 0.317 e. The average Bonchev–Trinajstić information content (AvgIpc) is 2.23. The number of rotatable bonds is 4. The highest BCUT2D eigenvalue weighted by molar-refractivity contribution is 5.79. The third-order valence-corrected chi connectivity index (χ3v) is 4.50. The number of carboxylic acid groups (broad SMARTS) is 1. The number of hydrogen-bond donors (Lipinski definition) is 2. The summed E-state index contributed by atoms with van der Waals surface area (Å²) in [5.74, 6) is -0.800. The van der Waals surface area contributed by atoms with Crippen LogP contribution in [0, 0.1) is 10.8 Å². The molecule has 1 atom stereocenters. The van der Waals surface area contributed by atoms with Crippen molar-refractivity contribution in [3.63, 3.8) is 0 Å². The molecule has 110 valence electrons. The molecular weight excluding hydrogens is 244 g/mol. The van der Waals surface area contributed by atoms with E-state index in [0.717, 1.165) is 6.42 Å². The topological polar surface area (TPSA) is 69.6 Å². The van der Waals surface area contributed by atoms with Gasteiger partial charge >= 0.3 is 12.0 Å². The zero-order valence-electron chi connectivity index (χ0n) is 12.6. The molecule has 1 unspecified atom stereocenters. The number of hydrogen-bond acceptors (Lipinski definition) is 2. The van der Waals surface area contributed by atoms with E-state index in [1.807, 2.05) is 6.92 Å². The molecule has 1 rings (SSSR count). The van der Waals surface area contributed by atoms with Gasteiger partial charge in [-0.25, -0.2) is 4.79 Å². The lowest BCUT2D eigenvalue weighted by Gasteiger charge is -2.39. The molecule has 0 saturated heterocycles. The number of nitrogens with one attached hydrogen (secondary N) is 1. The number of amides is 2. The van der Waals surface area contributed by atoms with E-state index in [1.165, 1.54) is 0 Å². The van der Waals surface area contributed by atoms with Gasteiger partial charge in [0.15, 0.2) is 0 Å². The van der Waals surface area contributed by atoms with Gasteiger partial charge in [-0.1, -0.05) is 27.2 Å². The molecule has 0 aromatic heterocycles. The molecule has 19 heavy (non-hydrogen) atoms. The molecule has 5 nitrogen and oxygen atoms in total. The fourth-order valence-corrected chi connectivity index (χ4v) is 2.20. The molecule has 0 aliphatic heterocycles. The second-order valence-electron chi connectivity index (χ2n) is 6.75. The van der Waals surface area contributed by atoms with E-state index in [9.17, 15) is 14.7 Å². The molecule has 2 amide bonds. The van der Waals surface area contributed by atoms with Crippen molar-refractivity contribution in [2.45, 2.75) is 53.0 Å². The summed E-state index contributed by atoms with van der Waals surface area (Å²) >= 11 is 0. The highest BCUT2D eigenvalue weighted by Gasteiger charge is 2.44. The highest BCUT2D eigenvalue weighted by Crippen LogP contribution is 2.40. The van der Waals surface area contributed by atoms with E-state index in [1.54, 1.807) is 11.9 Å². The van der Waals surface area contributed by atoms with E-state index in [2.05, 4.69) is 26.1 Å². The van der Waals surface area contributed by atoms with Crippen molar-refractivity contribution in [2.75, 3.05) is 13.6 Å². The van der Waals surface area contributed by atoms with Gasteiger partial charge < -0.3 is 15.3 Å². The number of nitrogens with zero attached hydrogens (tertiary/aromatic N) is 1. The van der Waals surface area contributed by atoms with Crippen LogP contribution in [0.4, 0.5) is 4.79 Å². The Hall–Kier alpha value is -1.26. The molecule has 1 saturated carbocycles. The predicted octanol–water partition coefficient (Wildman–Crippen LogP) is 2.32. The number of carbonyl (C=O) groups excluding carboxylic acids is 1. The van der Waals surface area contributed by atoms with Crippen LogP contribution in [0.25, 0.3) is 0 Å². The SMILES string of the molecule is CC(N(C)C(=O)NCC1(C(=O)O)CCC1)C(C)(C)C. The Labute approximate surface area is 115 Å². The minimum absolute atomic E-state index is 0.00690. The number of aliphatic carboxylic acids is 1. The van der Waals surface area contributed by atoms with Gasteiger partial charge in [0.25, 0.3) is 0 Å². The quantitative estimate of drug-likeness (QED) is 0.823. The Kier molecular flexibility index (Phi) is 4.48. The summed E-state index contributed by atoms with van der Waals surface area (Å²) in [6.07, 6.45) is 2.23. The number of urea groups is 1. The zero-order chi connectivity index (χ0) is 14.8. The van der Waals surface area contributed by atoms with E-state index < -0.39 is 11.4 Å². The molecule has 0 bridgehead atoms. The van der Waals surface area contributed by atoms with Gasteiger partial charge in [-0.2, -0.15) is 0 Å². The first-order valence-electron chi connectivity index (χ1n) is 6.84. The predicted molar refractivity (Wildman–Crippen MR) is 74.0 cm³/mol.